The minimum absolute atomic E-state index is 0.229. The molecule has 0 saturated carbocycles. The summed E-state index contributed by atoms with van der Waals surface area (Å²) < 4.78 is 9.03. The Kier molecular flexibility index (Phi) is 3.47. The molecule has 1 N–H and O–H groups in total. The minimum atomic E-state index is 0.229. The second kappa shape index (κ2) is 4.69. The van der Waals surface area contributed by atoms with Crippen molar-refractivity contribution < 1.29 is 4.74 Å². The highest BCUT2D eigenvalue weighted by Crippen LogP contribution is 2.22. The van der Waals surface area contributed by atoms with Crippen LogP contribution < -0.4 is 0 Å². The molecule has 0 aliphatic carbocycles. The molecule has 1 atom stereocenters. The van der Waals surface area contributed by atoms with Gasteiger partial charge in [0.2, 0.25) is 0 Å². The van der Waals surface area contributed by atoms with Crippen LogP contribution in [0.5, 0.6) is 0 Å². The Balaban J connectivity index is 2.60. The van der Waals surface area contributed by atoms with Crippen LogP contribution in [0.3, 0.4) is 0 Å². The zero-order valence-corrected chi connectivity index (χ0v) is 11.6. The Labute approximate surface area is 108 Å². The molecule has 1 aromatic heterocycles. The fourth-order valence-electron chi connectivity index (χ4n) is 1.86. The number of fused-ring (bicyclic) bond motifs is 1. The highest BCUT2D eigenvalue weighted by Gasteiger charge is 2.10. The van der Waals surface area contributed by atoms with Crippen LogP contribution in [0.2, 0.25) is 0 Å². The molecule has 16 heavy (non-hydrogen) atoms. The fraction of sp³-hybridized carbons (Fsp3) is 0.364. The molecule has 2 aromatic rings. The van der Waals surface area contributed by atoms with Gasteiger partial charge < -0.3 is 14.3 Å². The van der Waals surface area contributed by atoms with Gasteiger partial charge in [-0.05, 0) is 37.3 Å². The first-order valence-electron chi connectivity index (χ1n) is 5.02. The van der Waals surface area contributed by atoms with Crippen LogP contribution in [0.15, 0.2) is 22.7 Å². The number of nitrogens with zero attached hydrogens (tertiary/aromatic N) is 1. The molecule has 0 spiro atoms. The number of rotatable bonds is 3. The van der Waals surface area contributed by atoms with E-state index in [0.717, 1.165) is 20.3 Å². The Morgan fingerprint density at radius 1 is 1.56 bits per heavy atom. The molecule has 0 radical (unpaired) electrons. The summed E-state index contributed by atoms with van der Waals surface area (Å²) in [5.74, 6) is 0. The van der Waals surface area contributed by atoms with E-state index < -0.39 is 0 Å². The Morgan fingerprint density at radius 3 is 3.00 bits per heavy atom. The number of aromatic nitrogens is 2. The highest BCUT2D eigenvalue weighted by molar-refractivity contribution is 9.10. The smallest absolute Gasteiger partial charge is 0.178 e. The van der Waals surface area contributed by atoms with E-state index >= 15 is 0 Å². The van der Waals surface area contributed by atoms with Crippen molar-refractivity contribution in [2.45, 2.75) is 13.0 Å². The van der Waals surface area contributed by atoms with Crippen LogP contribution in [0.25, 0.3) is 11.0 Å². The monoisotopic (exact) mass is 300 g/mol. The lowest BCUT2D eigenvalue weighted by molar-refractivity contribution is 0.163. The summed E-state index contributed by atoms with van der Waals surface area (Å²) in [6.07, 6.45) is 0. The van der Waals surface area contributed by atoms with Crippen LogP contribution >= 0.6 is 28.1 Å². The van der Waals surface area contributed by atoms with Gasteiger partial charge >= 0.3 is 0 Å². The van der Waals surface area contributed by atoms with Crippen molar-refractivity contribution in [2.24, 2.45) is 0 Å². The molecule has 86 valence electrons. The van der Waals surface area contributed by atoms with Crippen molar-refractivity contribution in [1.82, 2.24) is 9.55 Å². The zero-order chi connectivity index (χ0) is 11.7. The number of hydrogen-bond acceptors (Lipinski definition) is 2. The number of H-pyrrole nitrogens is 1. The number of imidazole rings is 1. The number of methoxy groups -OCH3 is 1. The summed E-state index contributed by atoms with van der Waals surface area (Å²) >= 11 is 8.77. The quantitative estimate of drug-likeness (QED) is 0.877. The molecule has 0 amide bonds. The summed E-state index contributed by atoms with van der Waals surface area (Å²) in [4.78, 5) is 3.20. The molecule has 0 saturated heterocycles. The molecule has 0 aliphatic heterocycles. The number of hydrogen-bond donors (Lipinski definition) is 1. The van der Waals surface area contributed by atoms with Gasteiger partial charge in [0.15, 0.2) is 4.77 Å². The van der Waals surface area contributed by atoms with Crippen molar-refractivity contribution in [2.75, 3.05) is 13.7 Å². The summed E-state index contributed by atoms with van der Waals surface area (Å²) in [7, 11) is 1.70. The standard InChI is InChI=1S/C11H13BrN2OS/c1-7(6-15-2)14-10-4-3-8(12)5-9(10)13-11(14)16/h3-5,7H,6H2,1-2H3,(H,13,16). The van der Waals surface area contributed by atoms with Crippen LogP contribution in [0.1, 0.15) is 13.0 Å². The summed E-state index contributed by atoms with van der Waals surface area (Å²) in [6, 6.07) is 6.33. The van der Waals surface area contributed by atoms with Crippen LogP contribution in [0, 0.1) is 4.77 Å². The first-order chi connectivity index (χ1) is 7.63. The largest absolute Gasteiger partial charge is 0.383 e. The van der Waals surface area contributed by atoms with Crippen molar-refractivity contribution in [3.8, 4) is 0 Å². The zero-order valence-electron chi connectivity index (χ0n) is 9.16. The fourth-order valence-corrected chi connectivity index (χ4v) is 2.61. The number of halogens is 1. The van der Waals surface area contributed by atoms with Crippen LogP contribution in [0.4, 0.5) is 0 Å². The first kappa shape index (κ1) is 11.8. The molecule has 5 heteroatoms. The van der Waals surface area contributed by atoms with E-state index in [1.807, 2.05) is 12.1 Å². The SMILES string of the molecule is COCC(C)n1c(=S)[nH]c2cc(Br)ccc21. The Hall–Kier alpha value is -0.650. The predicted molar refractivity (Wildman–Crippen MR) is 71.4 cm³/mol. The lowest BCUT2D eigenvalue weighted by Crippen LogP contribution is -2.10. The molecule has 0 aliphatic rings. The molecule has 2 rings (SSSR count). The van der Waals surface area contributed by atoms with E-state index in [9.17, 15) is 0 Å². The molecular weight excluding hydrogens is 288 g/mol. The van der Waals surface area contributed by atoms with E-state index in [4.69, 9.17) is 17.0 Å². The predicted octanol–water partition coefficient (Wildman–Crippen LogP) is 3.67. The number of benzene rings is 1. The number of aromatic amines is 1. The Morgan fingerprint density at radius 2 is 2.31 bits per heavy atom. The van der Waals surface area contributed by atoms with Crippen LogP contribution in [-0.4, -0.2) is 23.3 Å². The van der Waals surface area contributed by atoms with E-state index in [1.165, 1.54) is 0 Å². The van der Waals surface area contributed by atoms with Crippen molar-refractivity contribution in [1.29, 1.82) is 0 Å². The second-order valence-electron chi connectivity index (χ2n) is 3.77. The normalized spacial score (nSPS) is 13.2. The van der Waals surface area contributed by atoms with Crippen LogP contribution in [-0.2, 0) is 4.74 Å². The summed E-state index contributed by atoms with van der Waals surface area (Å²) in [5, 5.41) is 0. The van der Waals surface area contributed by atoms with Gasteiger partial charge in [0.05, 0.1) is 23.7 Å². The highest BCUT2D eigenvalue weighted by atomic mass is 79.9. The van der Waals surface area contributed by atoms with Crippen molar-refractivity contribution in [3.63, 3.8) is 0 Å². The van der Waals surface area contributed by atoms with E-state index in [1.54, 1.807) is 7.11 Å². The van der Waals surface area contributed by atoms with E-state index in [0.29, 0.717) is 6.61 Å². The van der Waals surface area contributed by atoms with Gasteiger partial charge in [0.25, 0.3) is 0 Å². The van der Waals surface area contributed by atoms with Gasteiger partial charge in [0.1, 0.15) is 0 Å². The second-order valence-corrected chi connectivity index (χ2v) is 5.07. The van der Waals surface area contributed by atoms with Gasteiger partial charge in [0, 0.05) is 11.6 Å². The lowest BCUT2D eigenvalue weighted by atomic mass is 10.3. The average molecular weight is 301 g/mol. The molecular formula is C11H13BrN2OS. The van der Waals surface area contributed by atoms with Crippen molar-refractivity contribution in [3.05, 3.63) is 27.4 Å². The minimum Gasteiger partial charge on any atom is -0.383 e. The third kappa shape index (κ3) is 2.07. The molecule has 0 bridgehead atoms. The molecule has 0 fully saturated rings. The van der Waals surface area contributed by atoms with E-state index in [-0.39, 0.29) is 6.04 Å². The van der Waals surface area contributed by atoms with Crippen molar-refractivity contribution >= 4 is 39.2 Å². The van der Waals surface area contributed by atoms with E-state index in [2.05, 4.69) is 38.5 Å². The lowest BCUT2D eigenvalue weighted by Gasteiger charge is -2.13. The maximum absolute atomic E-state index is 5.32. The molecule has 3 nitrogen and oxygen atoms in total. The topological polar surface area (TPSA) is 29.9 Å². The van der Waals surface area contributed by atoms with Gasteiger partial charge in [-0.25, -0.2) is 0 Å². The summed E-state index contributed by atoms with van der Waals surface area (Å²) in [6.45, 7) is 2.74. The number of ether oxygens (including phenoxy) is 1. The molecule has 1 unspecified atom stereocenters. The van der Waals surface area contributed by atoms with Gasteiger partial charge in [-0.1, -0.05) is 15.9 Å². The average Bonchev–Trinajstić information content (AvgIpc) is 2.53. The third-order valence-electron chi connectivity index (χ3n) is 2.53. The molecule has 1 aromatic carbocycles. The van der Waals surface area contributed by atoms with Gasteiger partial charge in [-0.2, -0.15) is 0 Å². The van der Waals surface area contributed by atoms with Gasteiger partial charge in [-0.3, -0.25) is 0 Å². The summed E-state index contributed by atoms with van der Waals surface area (Å²) in [5.41, 5.74) is 2.15. The maximum atomic E-state index is 5.32. The van der Waals surface area contributed by atoms with Gasteiger partial charge in [-0.15, -0.1) is 0 Å². The molecule has 1 heterocycles. The Bertz CT molecular complexity index is 561. The maximum Gasteiger partial charge on any atom is 0.178 e. The number of nitrogens with one attached hydrogen (secondary N) is 1. The third-order valence-corrected chi connectivity index (χ3v) is 3.32. The first-order valence-corrected chi connectivity index (χ1v) is 6.22.